The summed E-state index contributed by atoms with van der Waals surface area (Å²) < 4.78 is 4.49. The van der Waals surface area contributed by atoms with Gasteiger partial charge in [0.05, 0.1) is 12.5 Å². The summed E-state index contributed by atoms with van der Waals surface area (Å²) in [6.45, 7) is 4.94. The topological polar surface area (TPSA) is 69.4 Å². The third-order valence-electron chi connectivity index (χ3n) is 2.68. The van der Waals surface area contributed by atoms with Crippen LogP contribution in [0.3, 0.4) is 0 Å². The van der Waals surface area contributed by atoms with Crippen molar-refractivity contribution in [2.75, 3.05) is 7.11 Å². The van der Waals surface area contributed by atoms with E-state index in [4.69, 9.17) is 5.73 Å². The van der Waals surface area contributed by atoms with Gasteiger partial charge in [0.1, 0.15) is 11.8 Å². The van der Waals surface area contributed by atoms with Crippen molar-refractivity contribution in [3.8, 4) is 0 Å². The van der Waals surface area contributed by atoms with Crippen molar-refractivity contribution in [2.45, 2.75) is 33.2 Å². The maximum Gasteiger partial charge on any atom is 0.323 e. The fourth-order valence-electron chi connectivity index (χ4n) is 1.07. The van der Waals surface area contributed by atoms with Gasteiger partial charge in [0.25, 0.3) is 0 Å². The number of nitrogens with two attached hydrogens (primary N) is 1. The Morgan fingerprint density at radius 1 is 1.54 bits per heavy atom. The zero-order valence-electron chi connectivity index (χ0n) is 8.59. The Hall–Kier alpha value is -0.900. The van der Waals surface area contributed by atoms with Gasteiger partial charge in [-0.15, -0.1) is 0 Å². The first kappa shape index (κ1) is 12.1. The number of Topliss-reactive ketones (excluding diaryl/α,β-unsaturated/α-hetero) is 1. The summed E-state index contributed by atoms with van der Waals surface area (Å²) in [6.07, 6.45) is 0.526. The number of ether oxygens (including phenoxy) is 1. The fourth-order valence-corrected chi connectivity index (χ4v) is 1.07. The number of hydrogen-bond donors (Lipinski definition) is 1. The molecule has 0 bridgehead atoms. The van der Waals surface area contributed by atoms with Crippen LogP contribution in [0.2, 0.25) is 0 Å². The highest BCUT2D eigenvalue weighted by Gasteiger charge is 2.39. The Balaban J connectivity index is 4.76. The molecule has 0 aromatic carbocycles. The van der Waals surface area contributed by atoms with Crippen molar-refractivity contribution >= 4 is 11.8 Å². The van der Waals surface area contributed by atoms with Crippen LogP contribution in [0, 0.1) is 5.41 Å². The lowest BCUT2D eigenvalue weighted by molar-refractivity contribution is -0.149. The minimum absolute atomic E-state index is 0.0899. The molecule has 0 unspecified atom stereocenters. The average molecular weight is 187 g/mol. The number of carbonyl (C=O) groups excluding carboxylic acids is 2. The van der Waals surface area contributed by atoms with Gasteiger partial charge in [0, 0.05) is 0 Å². The van der Waals surface area contributed by atoms with Gasteiger partial charge in [0.15, 0.2) is 0 Å². The quantitative estimate of drug-likeness (QED) is 0.650. The molecule has 0 aliphatic heterocycles. The monoisotopic (exact) mass is 187 g/mol. The highest BCUT2D eigenvalue weighted by Crippen LogP contribution is 2.26. The summed E-state index contributed by atoms with van der Waals surface area (Å²) in [5.74, 6) is -0.632. The van der Waals surface area contributed by atoms with Gasteiger partial charge in [-0.1, -0.05) is 13.8 Å². The molecule has 0 heterocycles. The van der Waals surface area contributed by atoms with E-state index in [1.165, 1.54) is 14.0 Å². The van der Waals surface area contributed by atoms with E-state index in [-0.39, 0.29) is 5.78 Å². The number of rotatable bonds is 4. The first-order valence-electron chi connectivity index (χ1n) is 4.24. The molecule has 0 aromatic rings. The Bertz CT molecular complexity index is 215. The van der Waals surface area contributed by atoms with Crippen molar-refractivity contribution in [1.82, 2.24) is 0 Å². The van der Waals surface area contributed by atoms with Crippen LogP contribution in [0.15, 0.2) is 0 Å². The lowest BCUT2D eigenvalue weighted by Crippen LogP contribution is -2.49. The highest BCUT2D eigenvalue weighted by atomic mass is 16.5. The molecule has 0 spiro atoms. The standard InChI is InChI=1S/C9H17NO3/c1-5-9(3,6(2)11)7(10)8(12)13-4/h7H,5,10H2,1-4H3/t7-,9+/m1/s1. The number of ketones is 1. The minimum atomic E-state index is -0.875. The zero-order valence-corrected chi connectivity index (χ0v) is 8.59. The molecule has 2 N–H and O–H groups in total. The molecule has 76 valence electrons. The lowest BCUT2D eigenvalue weighted by Gasteiger charge is -2.29. The number of methoxy groups -OCH3 is 1. The van der Waals surface area contributed by atoms with Gasteiger partial charge < -0.3 is 10.5 Å². The Morgan fingerprint density at radius 2 is 2.00 bits per heavy atom. The summed E-state index contributed by atoms with van der Waals surface area (Å²) in [5, 5.41) is 0. The molecule has 0 aromatic heterocycles. The maximum absolute atomic E-state index is 11.3. The molecule has 4 heteroatoms. The van der Waals surface area contributed by atoms with Crippen molar-refractivity contribution in [3.63, 3.8) is 0 Å². The van der Waals surface area contributed by atoms with Gasteiger partial charge in [-0.3, -0.25) is 9.59 Å². The molecule has 0 radical (unpaired) electrons. The predicted molar refractivity (Wildman–Crippen MR) is 49.1 cm³/mol. The van der Waals surface area contributed by atoms with Crippen LogP contribution in [-0.2, 0) is 14.3 Å². The normalized spacial score (nSPS) is 17.3. The average Bonchev–Trinajstić information content (AvgIpc) is 2.13. The number of carbonyl (C=O) groups is 2. The van der Waals surface area contributed by atoms with Crippen molar-refractivity contribution in [2.24, 2.45) is 11.1 Å². The van der Waals surface area contributed by atoms with Crippen molar-refractivity contribution < 1.29 is 14.3 Å². The molecule has 0 fully saturated rings. The van der Waals surface area contributed by atoms with Crippen molar-refractivity contribution in [1.29, 1.82) is 0 Å². The van der Waals surface area contributed by atoms with Crippen LogP contribution in [0.5, 0.6) is 0 Å². The van der Waals surface area contributed by atoms with E-state index >= 15 is 0 Å². The van der Waals surface area contributed by atoms with E-state index in [0.29, 0.717) is 6.42 Å². The summed E-state index contributed by atoms with van der Waals surface area (Å²) in [7, 11) is 1.26. The summed E-state index contributed by atoms with van der Waals surface area (Å²) in [6, 6.07) is -0.875. The van der Waals surface area contributed by atoms with E-state index in [0.717, 1.165) is 0 Å². The lowest BCUT2D eigenvalue weighted by atomic mass is 9.77. The zero-order chi connectivity index (χ0) is 10.6. The molecular formula is C9H17NO3. The molecule has 0 amide bonds. The van der Waals surface area contributed by atoms with Crippen LogP contribution < -0.4 is 5.73 Å². The maximum atomic E-state index is 11.3. The Kier molecular flexibility index (Phi) is 4.07. The minimum Gasteiger partial charge on any atom is -0.468 e. The number of esters is 1. The van der Waals surface area contributed by atoms with Crippen LogP contribution >= 0.6 is 0 Å². The SMILES string of the molecule is CC[C@@](C)(C(C)=O)[C@H](N)C(=O)OC. The molecule has 4 nitrogen and oxygen atoms in total. The van der Waals surface area contributed by atoms with Crippen LogP contribution in [0.1, 0.15) is 27.2 Å². The highest BCUT2D eigenvalue weighted by molar-refractivity contribution is 5.90. The van der Waals surface area contributed by atoms with Crippen LogP contribution in [0.4, 0.5) is 0 Å². The predicted octanol–water partition coefficient (Wildman–Crippen LogP) is 0.492. The van der Waals surface area contributed by atoms with Crippen molar-refractivity contribution in [3.05, 3.63) is 0 Å². The molecule has 0 saturated heterocycles. The third kappa shape index (κ3) is 2.28. The Labute approximate surface area is 78.4 Å². The van der Waals surface area contributed by atoms with Gasteiger partial charge in [-0.05, 0) is 13.3 Å². The molecule has 2 atom stereocenters. The molecule has 0 aliphatic rings. The summed E-state index contributed by atoms with van der Waals surface area (Å²) in [4.78, 5) is 22.4. The Morgan fingerprint density at radius 3 is 2.23 bits per heavy atom. The van der Waals surface area contributed by atoms with E-state index in [2.05, 4.69) is 4.74 Å². The number of hydrogen-bond acceptors (Lipinski definition) is 4. The smallest absolute Gasteiger partial charge is 0.323 e. The molecular weight excluding hydrogens is 170 g/mol. The fraction of sp³-hybridized carbons (Fsp3) is 0.778. The molecule has 0 aliphatic carbocycles. The largest absolute Gasteiger partial charge is 0.468 e. The molecule has 0 rings (SSSR count). The first-order valence-corrected chi connectivity index (χ1v) is 4.24. The van der Waals surface area contributed by atoms with Crippen LogP contribution in [-0.4, -0.2) is 24.9 Å². The van der Waals surface area contributed by atoms with E-state index in [9.17, 15) is 9.59 Å². The van der Waals surface area contributed by atoms with Gasteiger partial charge >= 0.3 is 5.97 Å². The second-order valence-corrected chi connectivity index (χ2v) is 3.33. The first-order chi connectivity index (χ1) is 5.90. The second kappa shape index (κ2) is 4.37. The summed E-state index contributed by atoms with van der Waals surface area (Å²) in [5.41, 5.74) is 4.81. The van der Waals surface area contributed by atoms with Gasteiger partial charge in [-0.25, -0.2) is 0 Å². The summed E-state index contributed by atoms with van der Waals surface area (Å²) >= 11 is 0. The van der Waals surface area contributed by atoms with E-state index in [1.807, 2.05) is 6.92 Å². The van der Waals surface area contributed by atoms with E-state index in [1.54, 1.807) is 6.92 Å². The molecule has 0 saturated carbocycles. The second-order valence-electron chi connectivity index (χ2n) is 3.33. The van der Waals surface area contributed by atoms with E-state index < -0.39 is 17.4 Å². The van der Waals surface area contributed by atoms with Gasteiger partial charge in [-0.2, -0.15) is 0 Å². The van der Waals surface area contributed by atoms with Gasteiger partial charge in [0.2, 0.25) is 0 Å². The molecule has 13 heavy (non-hydrogen) atoms. The van der Waals surface area contributed by atoms with Crippen LogP contribution in [0.25, 0.3) is 0 Å². The third-order valence-corrected chi connectivity index (χ3v) is 2.68.